The molecule has 8 heteroatoms. The molecule has 114 valence electrons. The van der Waals surface area contributed by atoms with Gasteiger partial charge < -0.3 is 13.5 Å². The third-order valence-electron chi connectivity index (χ3n) is 2.69. The number of rotatable bonds is 1. The predicted octanol–water partition coefficient (Wildman–Crippen LogP) is 1.74. The van der Waals surface area contributed by atoms with E-state index in [4.69, 9.17) is 21.9 Å². The zero-order valence-corrected chi connectivity index (χ0v) is 14.9. The minimum Gasteiger partial charge on any atom is -0.759 e. The van der Waals surface area contributed by atoms with Gasteiger partial charge in [-0.15, -0.1) is 0 Å². The molecule has 0 fully saturated rings. The monoisotopic (exact) mass is 358 g/mol. The van der Waals surface area contributed by atoms with Crippen molar-refractivity contribution in [3.05, 3.63) is 70.9 Å². The molecule has 0 aliphatic rings. The van der Waals surface area contributed by atoms with E-state index in [-0.39, 0.29) is 43.2 Å². The van der Waals surface area contributed by atoms with Crippen LogP contribution < -0.4 is 5.43 Å². The largest absolute Gasteiger partial charge is 2.00 e. The van der Waals surface area contributed by atoms with Gasteiger partial charge in [-0.1, -0.05) is 42.5 Å². The van der Waals surface area contributed by atoms with Gasteiger partial charge in [0.15, 0.2) is 5.43 Å². The third-order valence-corrected chi connectivity index (χ3v) is 2.69. The van der Waals surface area contributed by atoms with Gasteiger partial charge in [-0.25, -0.2) is 0 Å². The summed E-state index contributed by atoms with van der Waals surface area (Å²) in [7, 11) is -5.17. The first kappa shape index (κ1) is 19.8. The molecule has 0 saturated heterocycles. The van der Waals surface area contributed by atoms with Gasteiger partial charge in [0.2, 0.25) is 0 Å². The van der Waals surface area contributed by atoms with Crippen LogP contribution in [0.2, 0.25) is 0 Å². The van der Waals surface area contributed by atoms with Gasteiger partial charge in [0.05, 0.1) is 5.39 Å². The summed E-state index contributed by atoms with van der Waals surface area (Å²) < 4.78 is 39.8. The average molecular weight is 358 g/mol. The van der Waals surface area contributed by atoms with Gasteiger partial charge in [-0.2, -0.15) is 0 Å². The van der Waals surface area contributed by atoms with Crippen molar-refractivity contribution in [3.63, 3.8) is 0 Å². The molecule has 0 bridgehead atoms. The van der Waals surface area contributed by atoms with Crippen LogP contribution in [0.25, 0.3) is 22.3 Å². The van der Waals surface area contributed by atoms with Crippen molar-refractivity contribution in [1.82, 2.24) is 0 Å². The Morgan fingerprint density at radius 3 is 2.00 bits per heavy atom. The smallest absolute Gasteiger partial charge is 0.759 e. The SMILES string of the molecule is O=S(=O)([O-])[O-].O=c1cc(-c2ccccc2)oc2ccccc12.[Ca+2]. The number of para-hydroxylation sites is 1. The second-order valence-electron chi connectivity index (χ2n) is 4.25. The van der Waals surface area contributed by atoms with Crippen molar-refractivity contribution in [2.24, 2.45) is 0 Å². The van der Waals surface area contributed by atoms with Crippen LogP contribution in [0.4, 0.5) is 0 Å². The Morgan fingerprint density at radius 2 is 1.39 bits per heavy atom. The van der Waals surface area contributed by atoms with E-state index < -0.39 is 10.4 Å². The quantitative estimate of drug-likeness (QED) is 0.372. The molecule has 2 aromatic carbocycles. The molecule has 0 aliphatic carbocycles. The zero-order chi connectivity index (χ0) is 16.2. The number of hydrogen-bond donors (Lipinski definition) is 0. The fourth-order valence-electron chi connectivity index (χ4n) is 1.85. The summed E-state index contributed by atoms with van der Waals surface area (Å²) in [5, 5.41) is 0.618. The first-order valence-corrected chi connectivity index (χ1v) is 7.43. The maximum Gasteiger partial charge on any atom is 2.00 e. The molecule has 6 nitrogen and oxygen atoms in total. The van der Waals surface area contributed by atoms with Crippen LogP contribution in [0, 0.1) is 0 Å². The van der Waals surface area contributed by atoms with Crippen molar-refractivity contribution in [2.45, 2.75) is 0 Å². The number of hydrogen-bond acceptors (Lipinski definition) is 6. The maximum atomic E-state index is 11.9. The van der Waals surface area contributed by atoms with Crippen molar-refractivity contribution in [2.75, 3.05) is 0 Å². The Hall–Kier alpha value is -1.22. The van der Waals surface area contributed by atoms with Crippen molar-refractivity contribution in [1.29, 1.82) is 0 Å². The van der Waals surface area contributed by atoms with E-state index in [9.17, 15) is 4.79 Å². The second kappa shape index (κ2) is 8.58. The Bertz CT molecular complexity index is 927. The van der Waals surface area contributed by atoms with Gasteiger partial charge in [0.1, 0.15) is 11.3 Å². The van der Waals surface area contributed by atoms with Gasteiger partial charge >= 0.3 is 37.7 Å². The molecular weight excluding hydrogens is 348 g/mol. The summed E-state index contributed by atoms with van der Waals surface area (Å²) in [6.07, 6.45) is 0. The van der Waals surface area contributed by atoms with E-state index in [2.05, 4.69) is 0 Å². The summed E-state index contributed by atoms with van der Waals surface area (Å²) in [6, 6.07) is 18.4. The van der Waals surface area contributed by atoms with Crippen molar-refractivity contribution < 1.29 is 21.9 Å². The third kappa shape index (κ3) is 6.42. The fourth-order valence-corrected chi connectivity index (χ4v) is 1.85. The van der Waals surface area contributed by atoms with Crippen LogP contribution in [0.1, 0.15) is 0 Å². The van der Waals surface area contributed by atoms with E-state index >= 15 is 0 Å². The fraction of sp³-hybridized carbons (Fsp3) is 0. The molecule has 0 aliphatic heterocycles. The molecule has 1 heterocycles. The standard InChI is InChI=1S/C15H10O2.Ca.H2O4S/c16-13-10-15(11-6-2-1-3-7-11)17-14-9-5-4-8-12(13)14;;1-5(2,3)4/h1-10H;;(H2,1,2,3,4)/q;+2;/p-2. The molecule has 0 radical (unpaired) electrons. The van der Waals surface area contributed by atoms with E-state index in [1.54, 1.807) is 6.07 Å². The normalized spacial score (nSPS) is 10.3. The molecular formula is C15H10CaO6S. The Labute approximate surface area is 162 Å². The number of fused-ring (bicyclic) bond motifs is 1. The van der Waals surface area contributed by atoms with Crippen LogP contribution in [0.3, 0.4) is 0 Å². The van der Waals surface area contributed by atoms with Crippen LogP contribution in [-0.2, 0) is 10.4 Å². The second-order valence-corrected chi connectivity index (χ2v) is 5.06. The molecule has 0 N–H and O–H groups in total. The maximum absolute atomic E-state index is 11.9. The predicted molar refractivity (Wildman–Crippen MR) is 84.1 cm³/mol. The topological polar surface area (TPSA) is 110 Å². The molecule has 1 aromatic heterocycles. The molecule has 3 aromatic rings. The average Bonchev–Trinajstić information content (AvgIpc) is 2.46. The van der Waals surface area contributed by atoms with E-state index in [1.165, 1.54) is 6.07 Å². The summed E-state index contributed by atoms with van der Waals surface area (Å²) in [4.78, 5) is 11.9. The Kier molecular flexibility index (Phi) is 7.40. The minimum atomic E-state index is -5.17. The summed E-state index contributed by atoms with van der Waals surface area (Å²) in [5.41, 5.74) is 1.53. The molecule has 0 saturated carbocycles. The van der Waals surface area contributed by atoms with Crippen LogP contribution in [-0.4, -0.2) is 55.3 Å². The zero-order valence-electron chi connectivity index (χ0n) is 11.8. The minimum absolute atomic E-state index is 0. The summed E-state index contributed by atoms with van der Waals surface area (Å²) in [6.45, 7) is 0. The van der Waals surface area contributed by atoms with Crippen LogP contribution >= 0.6 is 0 Å². The molecule has 0 amide bonds. The molecule has 23 heavy (non-hydrogen) atoms. The van der Waals surface area contributed by atoms with Gasteiger partial charge in [-0.3, -0.25) is 13.2 Å². The molecule has 0 spiro atoms. The summed E-state index contributed by atoms with van der Waals surface area (Å²) >= 11 is 0. The molecule has 3 rings (SSSR count). The first-order valence-electron chi connectivity index (χ1n) is 6.09. The van der Waals surface area contributed by atoms with Crippen molar-refractivity contribution in [3.8, 4) is 11.3 Å². The van der Waals surface area contributed by atoms with E-state index in [0.29, 0.717) is 16.7 Å². The van der Waals surface area contributed by atoms with Crippen molar-refractivity contribution >= 4 is 59.1 Å². The van der Waals surface area contributed by atoms with Gasteiger partial charge in [0, 0.05) is 22.0 Å². The van der Waals surface area contributed by atoms with Gasteiger partial charge in [0.25, 0.3) is 0 Å². The van der Waals surface area contributed by atoms with Crippen LogP contribution in [0.5, 0.6) is 0 Å². The van der Waals surface area contributed by atoms with E-state index in [0.717, 1.165) is 5.56 Å². The Balaban J connectivity index is 0.000000390. The van der Waals surface area contributed by atoms with Crippen LogP contribution in [0.15, 0.2) is 69.9 Å². The molecule has 0 unspecified atom stereocenters. The van der Waals surface area contributed by atoms with Gasteiger partial charge in [-0.05, 0) is 12.1 Å². The first-order chi connectivity index (χ1) is 10.3. The van der Waals surface area contributed by atoms with E-state index in [1.807, 2.05) is 48.5 Å². The molecule has 0 atom stereocenters. The number of benzene rings is 2. The Morgan fingerprint density at radius 1 is 0.870 bits per heavy atom. The summed E-state index contributed by atoms with van der Waals surface area (Å²) in [5.74, 6) is 0.606.